The monoisotopic (exact) mass is 335 g/mol. The normalized spacial score (nSPS) is 11.5. The SMILES string of the molecule is Cc1ccc(NC(=O)/C=C/c2ccccc2)c(OCC(F)(F)F)c1. The van der Waals surface area contributed by atoms with Gasteiger partial charge in [0.2, 0.25) is 5.91 Å². The Bertz CT molecular complexity index is 725. The van der Waals surface area contributed by atoms with Crippen LogP contribution in [0.2, 0.25) is 0 Å². The van der Waals surface area contributed by atoms with Crippen LogP contribution in [0.15, 0.2) is 54.6 Å². The van der Waals surface area contributed by atoms with Crippen molar-refractivity contribution in [3.63, 3.8) is 0 Å². The topological polar surface area (TPSA) is 38.3 Å². The molecule has 1 amide bonds. The van der Waals surface area contributed by atoms with Crippen molar-refractivity contribution in [3.05, 3.63) is 65.7 Å². The zero-order valence-corrected chi connectivity index (χ0v) is 12.9. The number of anilines is 1. The lowest BCUT2D eigenvalue weighted by molar-refractivity contribution is -0.153. The molecule has 0 unspecified atom stereocenters. The Morgan fingerprint density at radius 3 is 2.54 bits per heavy atom. The number of amides is 1. The van der Waals surface area contributed by atoms with E-state index >= 15 is 0 Å². The summed E-state index contributed by atoms with van der Waals surface area (Å²) >= 11 is 0. The van der Waals surface area contributed by atoms with Gasteiger partial charge < -0.3 is 10.1 Å². The summed E-state index contributed by atoms with van der Waals surface area (Å²) < 4.78 is 41.7. The molecule has 0 radical (unpaired) electrons. The number of benzene rings is 2. The van der Waals surface area contributed by atoms with Gasteiger partial charge in [-0.3, -0.25) is 4.79 Å². The summed E-state index contributed by atoms with van der Waals surface area (Å²) in [6.07, 6.45) is -1.53. The van der Waals surface area contributed by atoms with E-state index in [1.54, 1.807) is 19.1 Å². The van der Waals surface area contributed by atoms with Gasteiger partial charge in [-0.2, -0.15) is 13.2 Å². The number of aryl methyl sites for hydroxylation is 1. The van der Waals surface area contributed by atoms with Crippen molar-refractivity contribution in [1.29, 1.82) is 0 Å². The van der Waals surface area contributed by atoms with Gasteiger partial charge >= 0.3 is 6.18 Å². The van der Waals surface area contributed by atoms with E-state index in [0.717, 1.165) is 11.1 Å². The summed E-state index contributed by atoms with van der Waals surface area (Å²) in [7, 11) is 0. The van der Waals surface area contributed by atoms with Crippen molar-refractivity contribution in [2.24, 2.45) is 0 Å². The number of nitrogens with one attached hydrogen (secondary N) is 1. The molecule has 3 nitrogen and oxygen atoms in total. The second-order valence-corrected chi connectivity index (χ2v) is 5.14. The summed E-state index contributed by atoms with van der Waals surface area (Å²) in [5.41, 5.74) is 1.75. The Labute approximate surface area is 137 Å². The van der Waals surface area contributed by atoms with Crippen LogP contribution in [0.3, 0.4) is 0 Å². The minimum atomic E-state index is -4.45. The Kier molecular flexibility index (Phi) is 5.63. The second-order valence-electron chi connectivity index (χ2n) is 5.14. The molecule has 0 aliphatic heterocycles. The maximum absolute atomic E-state index is 12.3. The highest BCUT2D eigenvalue weighted by atomic mass is 19.4. The molecule has 0 saturated carbocycles. The van der Waals surface area contributed by atoms with E-state index in [2.05, 4.69) is 5.32 Å². The third-order valence-corrected chi connectivity index (χ3v) is 3.01. The summed E-state index contributed by atoms with van der Waals surface area (Å²) in [5.74, 6) is -0.478. The predicted molar refractivity (Wildman–Crippen MR) is 86.8 cm³/mol. The molecule has 0 atom stereocenters. The molecule has 1 N–H and O–H groups in total. The van der Waals surface area contributed by atoms with Crippen molar-refractivity contribution in [2.75, 3.05) is 11.9 Å². The first-order valence-electron chi connectivity index (χ1n) is 7.18. The molecule has 0 fully saturated rings. The number of carbonyl (C=O) groups excluding carboxylic acids is 1. The molecule has 0 spiro atoms. The van der Waals surface area contributed by atoms with E-state index < -0.39 is 18.7 Å². The van der Waals surface area contributed by atoms with Crippen LogP contribution in [0.25, 0.3) is 6.08 Å². The van der Waals surface area contributed by atoms with Crippen molar-refractivity contribution < 1.29 is 22.7 Å². The Morgan fingerprint density at radius 1 is 1.17 bits per heavy atom. The largest absolute Gasteiger partial charge is 0.482 e. The minimum absolute atomic E-state index is 0.0196. The fourth-order valence-corrected chi connectivity index (χ4v) is 1.92. The standard InChI is InChI=1S/C18H16F3NO2/c1-13-7-9-15(16(11-13)24-12-18(19,20)21)22-17(23)10-8-14-5-3-2-4-6-14/h2-11H,12H2,1H3,(H,22,23)/b10-8+. The molecule has 2 aromatic carbocycles. The van der Waals surface area contributed by atoms with Crippen molar-refractivity contribution >= 4 is 17.7 Å². The predicted octanol–water partition coefficient (Wildman–Crippen LogP) is 4.59. The van der Waals surface area contributed by atoms with Crippen LogP contribution in [0, 0.1) is 6.92 Å². The first-order valence-corrected chi connectivity index (χ1v) is 7.18. The molecule has 0 aliphatic carbocycles. The molecule has 2 aromatic rings. The molecule has 0 aliphatic rings. The summed E-state index contributed by atoms with van der Waals surface area (Å²) in [6.45, 7) is 0.306. The number of hydrogen-bond acceptors (Lipinski definition) is 2. The van der Waals surface area contributed by atoms with E-state index in [9.17, 15) is 18.0 Å². The lowest BCUT2D eigenvalue weighted by atomic mass is 10.2. The van der Waals surface area contributed by atoms with Crippen molar-refractivity contribution in [1.82, 2.24) is 0 Å². The van der Waals surface area contributed by atoms with Crippen LogP contribution in [0.1, 0.15) is 11.1 Å². The fourth-order valence-electron chi connectivity index (χ4n) is 1.92. The average Bonchev–Trinajstić information content (AvgIpc) is 2.53. The van der Waals surface area contributed by atoms with Gasteiger partial charge in [0.1, 0.15) is 5.75 Å². The van der Waals surface area contributed by atoms with Crippen LogP contribution in [-0.4, -0.2) is 18.7 Å². The van der Waals surface area contributed by atoms with Gasteiger partial charge in [-0.25, -0.2) is 0 Å². The smallest absolute Gasteiger partial charge is 0.422 e. The lowest BCUT2D eigenvalue weighted by Gasteiger charge is -2.14. The third kappa shape index (κ3) is 5.79. The second kappa shape index (κ2) is 7.68. The number of hydrogen-bond donors (Lipinski definition) is 1. The lowest BCUT2D eigenvalue weighted by Crippen LogP contribution is -2.20. The molecule has 0 saturated heterocycles. The van der Waals surface area contributed by atoms with Gasteiger partial charge in [0, 0.05) is 6.08 Å². The maximum Gasteiger partial charge on any atom is 0.422 e. The highest BCUT2D eigenvalue weighted by Gasteiger charge is 2.28. The maximum atomic E-state index is 12.3. The summed E-state index contributed by atoms with van der Waals surface area (Å²) in [4.78, 5) is 11.9. The quantitative estimate of drug-likeness (QED) is 0.812. The van der Waals surface area contributed by atoms with Gasteiger partial charge in [0.15, 0.2) is 6.61 Å². The number of ether oxygens (including phenoxy) is 1. The summed E-state index contributed by atoms with van der Waals surface area (Å²) in [5, 5.41) is 2.53. The zero-order valence-electron chi connectivity index (χ0n) is 12.9. The van der Waals surface area contributed by atoms with Gasteiger partial charge in [-0.1, -0.05) is 36.4 Å². The van der Waals surface area contributed by atoms with Gasteiger partial charge in [-0.05, 0) is 36.3 Å². The van der Waals surface area contributed by atoms with Crippen LogP contribution in [0.5, 0.6) is 5.75 Å². The van der Waals surface area contributed by atoms with E-state index in [1.807, 2.05) is 30.3 Å². The molecule has 6 heteroatoms. The molecule has 0 aromatic heterocycles. The third-order valence-electron chi connectivity index (χ3n) is 3.01. The van der Waals surface area contributed by atoms with Crippen LogP contribution >= 0.6 is 0 Å². The first-order chi connectivity index (χ1) is 11.3. The minimum Gasteiger partial charge on any atom is -0.482 e. The van der Waals surface area contributed by atoms with Crippen molar-refractivity contribution in [3.8, 4) is 5.75 Å². The Morgan fingerprint density at radius 2 is 1.88 bits per heavy atom. The van der Waals surface area contributed by atoms with Gasteiger partial charge in [0.25, 0.3) is 0 Å². The van der Waals surface area contributed by atoms with Crippen LogP contribution < -0.4 is 10.1 Å². The average molecular weight is 335 g/mol. The molecule has 2 rings (SSSR count). The van der Waals surface area contributed by atoms with E-state index in [0.29, 0.717) is 0 Å². The van der Waals surface area contributed by atoms with E-state index in [1.165, 1.54) is 18.2 Å². The summed E-state index contributed by atoms with van der Waals surface area (Å²) in [6, 6.07) is 13.8. The first kappa shape index (κ1) is 17.6. The molecule has 126 valence electrons. The number of carbonyl (C=O) groups is 1. The fraction of sp³-hybridized carbons (Fsp3) is 0.167. The van der Waals surface area contributed by atoms with Gasteiger partial charge in [0.05, 0.1) is 5.69 Å². The number of rotatable bonds is 5. The van der Waals surface area contributed by atoms with E-state index in [-0.39, 0.29) is 11.4 Å². The molecular formula is C18H16F3NO2. The highest BCUT2D eigenvalue weighted by molar-refractivity contribution is 6.02. The number of halogens is 3. The van der Waals surface area contributed by atoms with Crippen molar-refractivity contribution in [2.45, 2.75) is 13.1 Å². The zero-order chi connectivity index (χ0) is 17.6. The number of alkyl halides is 3. The molecule has 0 bridgehead atoms. The van der Waals surface area contributed by atoms with E-state index in [4.69, 9.17) is 4.74 Å². The van der Waals surface area contributed by atoms with Crippen LogP contribution in [-0.2, 0) is 4.79 Å². The highest BCUT2D eigenvalue weighted by Crippen LogP contribution is 2.28. The molecular weight excluding hydrogens is 319 g/mol. The molecule has 0 heterocycles. The Balaban J connectivity index is 2.08. The Hall–Kier alpha value is -2.76. The van der Waals surface area contributed by atoms with Crippen LogP contribution in [0.4, 0.5) is 18.9 Å². The molecule has 24 heavy (non-hydrogen) atoms. The van der Waals surface area contributed by atoms with Gasteiger partial charge in [-0.15, -0.1) is 0 Å².